The first-order valence-corrected chi connectivity index (χ1v) is 7.53. The first-order valence-electron chi connectivity index (χ1n) is 7.53. The number of nitrogens with one attached hydrogen (secondary N) is 1. The predicted octanol–water partition coefficient (Wildman–Crippen LogP) is 2.11. The lowest BCUT2D eigenvalue weighted by atomic mass is 10.0. The smallest absolute Gasteiger partial charge is 0.127 e. The fourth-order valence-electron chi connectivity index (χ4n) is 2.85. The second-order valence-corrected chi connectivity index (χ2v) is 5.65. The van der Waals surface area contributed by atoms with Gasteiger partial charge in [-0.05, 0) is 52.6 Å². The molecule has 1 aliphatic rings. The molecule has 1 aromatic rings. The van der Waals surface area contributed by atoms with Crippen molar-refractivity contribution in [2.24, 2.45) is 0 Å². The van der Waals surface area contributed by atoms with Crippen molar-refractivity contribution in [3.63, 3.8) is 0 Å². The van der Waals surface area contributed by atoms with E-state index in [1.54, 1.807) is 12.1 Å². The zero-order valence-corrected chi connectivity index (χ0v) is 12.6. The van der Waals surface area contributed by atoms with Gasteiger partial charge in [-0.1, -0.05) is 18.2 Å². The molecule has 0 aliphatic carbocycles. The lowest BCUT2D eigenvalue weighted by Gasteiger charge is -2.24. The molecule has 0 bridgehead atoms. The zero-order valence-electron chi connectivity index (χ0n) is 12.6. The Morgan fingerprint density at radius 1 is 1.20 bits per heavy atom. The molecule has 4 heteroatoms. The molecule has 1 aromatic carbocycles. The van der Waals surface area contributed by atoms with Crippen LogP contribution in [0.5, 0.6) is 0 Å². The Hall–Kier alpha value is -0.970. The van der Waals surface area contributed by atoms with E-state index < -0.39 is 0 Å². The van der Waals surface area contributed by atoms with Gasteiger partial charge in [0, 0.05) is 24.7 Å². The summed E-state index contributed by atoms with van der Waals surface area (Å²) in [4.78, 5) is 4.88. The van der Waals surface area contributed by atoms with Crippen LogP contribution in [0, 0.1) is 5.82 Å². The molecule has 2 rings (SSSR count). The largest absolute Gasteiger partial charge is 0.313 e. The van der Waals surface area contributed by atoms with Gasteiger partial charge in [-0.15, -0.1) is 0 Å². The minimum atomic E-state index is -0.109. The Balaban J connectivity index is 1.89. The van der Waals surface area contributed by atoms with Gasteiger partial charge >= 0.3 is 0 Å². The van der Waals surface area contributed by atoms with Crippen LogP contribution in [-0.4, -0.2) is 56.6 Å². The minimum Gasteiger partial charge on any atom is -0.313 e. The Bertz CT molecular complexity index is 410. The highest BCUT2D eigenvalue weighted by Crippen LogP contribution is 2.20. The summed E-state index contributed by atoms with van der Waals surface area (Å²) in [5, 5.41) is 3.25. The van der Waals surface area contributed by atoms with Gasteiger partial charge in [-0.3, -0.25) is 0 Å². The van der Waals surface area contributed by atoms with Gasteiger partial charge in [-0.25, -0.2) is 4.39 Å². The number of likely N-dealkylation sites (N-methyl/N-ethyl adjacent to an activating group) is 1. The average Bonchev–Trinajstić information content (AvgIpc) is 2.66. The van der Waals surface area contributed by atoms with Gasteiger partial charge < -0.3 is 15.1 Å². The lowest BCUT2D eigenvalue weighted by molar-refractivity contribution is 0.261. The maximum absolute atomic E-state index is 13.8. The normalized spacial score (nSPS) is 19.8. The standard InChI is InChI=1S/C16H26FN3/c1-18-16(14-6-3-4-7-15(14)17)8-11-20-10-5-9-19(2)12-13-20/h3-4,6-7,16,18H,5,8-13H2,1-2H3. The first-order chi connectivity index (χ1) is 9.70. The summed E-state index contributed by atoms with van der Waals surface area (Å²) >= 11 is 0. The van der Waals surface area contributed by atoms with E-state index in [2.05, 4.69) is 22.2 Å². The number of hydrogen-bond donors (Lipinski definition) is 1. The number of rotatable bonds is 5. The van der Waals surface area contributed by atoms with Crippen LogP contribution in [0.25, 0.3) is 0 Å². The summed E-state index contributed by atoms with van der Waals surface area (Å²) in [5.41, 5.74) is 0.780. The van der Waals surface area contributed by atoms with Gasteiger partial charge in [-0.2, -0.15) is 0 Å². The third-order valence-corrected chi connectivity index (χ3v) is 4.18. The first kappa shape index (κ1) is 15.4. The molecule has 1 fully saturated rings. The summed E-state index contributed by atoms with van der Waals surface area (Å²) in [6, 6.07) is 7.17. The van der Waals surface area contributed by atoms with Gasteiger partial charge in [0.25, 0.3) is 0 Å². The maximum atomic E-state index is 13.8. The zero-order chi connectivity index (χ0) is 14.4. The van der Waals surface area contributed by atoms with E-state index in [9.17, 15) is 4.39 Å². The SMILES string of the molecule is CNC(CCN1CCCN(C)CC1)c1ccccc1F. The summed E-state index contributed by atoms with van der Waals surface area (Å²) < 4.78 is 13.8. The molecular formula is C16H26FN3. The molecular weight excluding hydrogens is 253 g/mol. The van der Waals surface area contributed by atoms with Crippen LogP contribution in [0.2, 0.25) is 0 Å². The second kappa shape index (κ2) is 7.72. The van der Waals surface area contributed by atoms with Crippen LogP contribution in [0.15, 0.2) is 24.3 Å². The molecule has 0 spiro atoms. The van der Waals surface area contributed by atoms with Gasteiger partial charge in [0.05, 0.1) is 0 Å². The molecule has 0 saturated carbocycles. The molecule has 3 nitrogen and oxygen atoms in total. The Morgan fingerprint density at radius 2 is 2.00 bits per heavy atom. The minimum absolute atomic E-state index is 0.0946. The lowest BCUT2D eigenvalue weighted by Crippen LogP contribution is -2.32. The van der Waals surface area contributed by atoms with E-state index >= 15 is 0 Å². The monoisotopic (exact) mass is 279 g/mol. The molecule has 0 amide bonds. The van der Waals surface area contributed by atoms with Gasteiger partial charge in [0.1, 0.15) is 5.82 Å². The Labute approximate surface area is 121 Å². The highest BCUT2D eigenvalue weighted by atomic mass is 19.1. The highest BCUT2D eigenvalue weighted by Gasteiger charge is 2.16. The fraction of sp³-hybridized carbons (Fsp3) is 0.625. The molecule has 1 atom stereocenters. The van der Waals surface area contributed by atoms with E-state index in [1.807, 2.05) is 19.2 Å². The maximum Gasteiger partial charge on any atom is 0.127 e. The van der Waals surface area contributed by atoms with Crippen LogP contribution in [0.3, 0.4) is 0 Å². The van der Waals surface area contributed by atoms with Crippen molar-refractivity contribution < 1.29 is 4.39 Å². The third kappa shape index (κ3) is 4.27. The summed E-state index contributed by atoms with van der Waals surface area (Å²) in [6.07, 6.45) is 2.17. The van der Waals surface area contributed by atoms with E-state index in [4.69, 9.17) is 0 Å². The molecule has 20 heavy (non-hydrogen) atoms. The molecule has 1 N–H and O–H groups in total. The van der Waals surface area contributed by atoms with E-state index in [0.717, 1.165) is 38.2 Å². The van der Waals surface area contributed by atoms with Crippen molar-refractivity contribution in [1.29, 1.82) is 0 Å². The van der Waals surface area contributed by atoms with Crippen LogP contribution in [0.4, 0.5) is 4.39 Å². The van der Waals surface area contributed by atoms with Gasteiger partial charge in [0.15, 0.2) is 0 Å². The quantitative estimate of drug-likeness (QED) is 0.890. The molecule has 1 unspecified atom stereocenters. The number of hydrogen-bond acceptors (Lipinski definition) is 3. The van der Waals surface area contributed by atoms with E-state index in [1.165, 1.54) is 13.0 Å². The Kier molecular flexibility index (Phi) is 5.95. The van der Waals surface area contributed by atoms with Crippen molar-refractivity contribution >= 4 is 0 Å². The number of halogens is 1. The molecule has 1 aliphatic heterocycles. The number of benzene rings is 1. The van der Waals surface area contributed by atoms with E-state index in [-0.39, 0.29) is 11.9 Å². The Morgan fingerprint density at radius 3 is 2.75 bits per heavy atom. The van der Waals surface area contributed by atoms with Crippen molar-refractivity contribution in [1.82, 2.24) is 15.1 Å². The highest BCUT2D eigenvalue weighted by molar-refractivity contribution is 5.21. The van der Waals surface area contributed by atoms with Crippen molar-refractivity contribution in [2.75, 3.05) is 46.8 Å². The average molecular weight is 279 g/mol. The predicted molar refractivity (Wildman–Crippen MR) is 81.4 cm³/mol. The van der Waals surface area contributed by atoms with Crippen LogP contribution >= 0.6 is 0 Å². The van der Waals surface area contributed by atoms with Crippen LogP contribution in [0.1, 0.15) is 24.4 Å². The fourth-order valence-corrected chi connectivity index (χ4v) is 2.85. The van der Waals surface area contributed by atoms with Crippen molar-refractivity contribution in [2.45, 2.75) is 18.9 Å². The topological polar surface area (TPSA) is 18.5 Å². The molecule has 112 valence electrons. The van der Waals surface area contributed by atoms with Crippen molar-refractivity contribution in [3.8, 4) is 0 Å². The molecule has 1 heterocycles. The molecule has 1 saturated heterocycles. The summed E-state index contributed by atoms with van der Waals surface area (Å²) in [5.74, 6) is -0.109. The number of nitrogens with zero attached hydrogens (tertiary/aromatic N) is 2. The van der Waals surface area contributed by atoms with Crippen LogP contribution < -0.4 is 5.32 Å². The van der Waals surface area contributed by atoms with Gasteiger partial charge in [0.2, 0.25) is 0 Å². The third-order valence-electron chi connectivity index (χ3n) is 4.18. The molecule has 0 radical (unpaired) electrons. The van der Waals surface area contributed by atoms with E-state index in [0.29, 0.717) is 0 Å². The van der Waals surface area contributed by atoms with Crippen molar-refractivity contribution in [3.05, 3.63) is 35.6 Å². The summed E-state index contributed by atoms with van der Waals surface area (Å²) in [6.45, 7) is 5.60. The molecule has 0 aromatic heterocycles. The second-order valence-electron chi connectivity index (χ2n) is 5.65. The summed E-state index contributed by atoms with van der Waals surface area (Å²) in [7, 11) is 4.09. The van der Waals surface area contributed by atoms with Crippen LogP contribution in [-0.2, 0) is 0 Å².